The minimum atomic E-state index is -0.458. The highest BCUT2D eigenvalue weighted by molar-refractivity contribution is 5.85. The highest BCUT2D eigenvalue weighted by Gasteiger charge is 2.34. The number of hydrogen-bond donors (Lipinski definition) is 0. The van der Waals surface area contributed by atoms with Crippen LogP contribution in [0.3, 0.4) is 0 Å². The lowest BCUT2D eigenvalue weighted by Gasteiger charge is -2.28. The molecular formula is C20H18FNO2. The van der Waals surface area contributed by atoms with E-state index in [-0.39, 0.29) is 23.9 Å². The number of nitriles is 1. The predicted molar refractivity (Wildman–Crippen MR) is 88.3 cm³/mol. The maximum absolute atomic E-state index is 13.3. The molecule has 1 aliphatic carbocycles. The Hall–Kier alpha value is -2.67. The molecule has 0 radical (unpaired) electrons. The number of fused-ring (bicyclic) bond motifs is 1. The summed E-state index contributed by atoms with van der Waals surface area (Å²) < 4.78 is 18.5. The van der Waals surface area contributed by atoms with E-state index in [9.17, 15) is 14.4 Å². The Balaban J connectivity index is 1.83. The van der Waals surface area contributed by atoms with Crippen LogP contribution in [-0.2, 0) is 17.6 Å². The second-order valence-electron chi connectivity index (χ2n) is 6.09. The van der Waals surface area contributed by atoms with Gasteiger partial charge in [0.25, 0.3) is 0 Å². The Morgan fingerprint density at radius 1 is 1.33 bits per heavy atom. The van der Waals surface area contributed by atoms with E-state index in [4.69, 9.17) is 4.74 Å². The van der Waals surface area contributed by atoms with Gasteiger partial charge in [-0.3, -0.25) is 4.79 Å². The Morgan fingerprint density at radius 2 is 2.17 bits per heavy atom. The molecule has 122 valence electrons. The zero-order chi connectivity index (χ0) is 17.1. The lowest BCUT2D eigenvalue weighted by atomic mass is 9.73. The first kappa shape index (κ1) is 16.2. The molecule has 0 bridgehead atoms. The number of methoxy groups -OCH3 is 1. The summed E-state index contributed by atoms with van der Waals surface area (Å²) in [5, 5.41) is 9.60. The minimum Gasteiger partial charge on any atom is -0.497 e. The van der Waals surface area contributed by atoms with Crippen LogP contribution in [0.2, 0.25) is 0 Å². The third kappa shape index (κ3) is 3.16. The monoisotopic (exact) mass is 323 g/mol. The molecule has 2 unspecified atom stereocenters. The van der Waals surface area contributed by atoms with Gasteiger partial charge in [0, 0.05) is 12.3 Å². The molecule has 0 aromatic heterocycles. The van der Waals surface area contributed by atoms with Crippen LogP contribution in [0, 0.1) is 23.1 Å². The number of benzene rings is 2. The van der Waals surface area contributed by atoms with Crippen LogP contribution in [0.5, 0.6) is 5.75 Å². The van der Waals surface area contributed by atoms with E-state index in [1.54, 1.807) is 19.2 Å². The molecule has 0 saturated carbocycles. The van der Waals surface area contributed by atoms with Crippen molar-refractivity contribution >= 4 is 5.78 Å². The number of halogens is 1. The van der Waals surface area contributed by atoms with Crippen molar-refractivity contribution < 1.29 is 13.9 Å². The van der Waals surface area contributed by atoms with Crippen molar-refractivity contribution in [2.75, 3.05) is 7.11 Å². The van der Waals surface area contributed by atoms with Gasteiger partial charge in [0.15, 0.2) is 0 Å². The van der Waals surface area contributed by atoms with Crippen molar-refractivity contribution in [2.45, 2.75) is 25.2 Å². The molecule has 0 saturated heterocycles. The van der Waals surface area contributed by atoms with Crippen molar-refractivity contribution in [1.29, 1.82) is 5.26 Å². The summed E-state index contributed by atoms with van der Waals surface area (Å²) >= 11 is 0. The first-order valence-electron chi connectivity index (χ1n) is 7.96. The van der Waals surface area contributed by atoms with Crippen molar-refractivity contribution in [3.05, 3.63) is 65.0 Å². The van der Waals surface area contributed by atoms with Crippen LogP contribution in [0.25, 0.3) is 0 Å². The van der Waals surface area contributed by atoms with E-state index in [0.717, 1.165) is 23.3 Å². The van der Waals surface area contributed by atoms with Crippen molar-refractivity contribution in [1.82, 2.24) is 0 Å². The molecule has 4 heteroatoms. The zero-order valence-electron chi connectivity index (χ0n) is 13.5. The van der Waals surface area contributed by atoms with Gasteiger partial charge in [-0.2, -0.15) is 5.26 Å². The standard InChI is InChI=1S/C20H18FNO2/c1-24-16-6-8-17-14(11-16)5-7-18(19(17)12-22)20(23)10-13-3-2-4-15(21)9-13/h2-4,6,8-9,11,18-19H,5,7,10H2,1H3. The van der Waals surface area contributed by atoms with Crippen LogP contribution < -0.4 is 4.74 Å². The predicted octanol–water partition coefficient (Wildman–Crippen LogP) is 3.82. The summed E-state index contributed by atoms with van der Waals surface area (Å²) in [6.45, 7) is 0. The van der Waals surface area contributed by atoms with Crippen LogP contribution in [0.15, 0.2) is 42.5 Å². The molecule has 0 N–H and O–H groups in total. The van der Waals surface area contributed by atoms with Gasteiger partial charge in [0.05, 0.1) is 19.1 Å². The van der Waals surface area contributed by atoms with Gasteiger partial charge in [-0.15, -0.1) is 0 Å². The van der Waals surface area contributed by atoms with Crippen molar-refractivity contribution in [2.24, 2.45) is 5.92 Å². The Bertz CT molecular complexity index is 810. The molecule has 3 nitrogen and oxygen atoms in total. The SMILES string of the molecule is COc1ccc2c(c1)CCC(C(=O)Cc1cccc(F)c1)C2C#N. The molecular weight excluding hydrogens is 305 g/mol. The molecule has 2 aromatic carbocycles. The smallest absolute Gasteiger partial charge is 0.141 e. The normalized spacial score (nSPS) is 19.2. The fourth-order valence-corrected chi connectivity index (χ4v) is 3.41. The number of carbonyl (C=O) groups excluding carboxylic acids is 1. The summed E-state index contributed by atoms with van der Waals surface area (Å²) in [5.74, 6) is -0.401. The van der Waals surface area contributed by atoms with Gasteiger partial charge in [-0.05, 0) is 53.8 Å². The number of nitrogens with zero attached hydrogens (tertiary/aromatic N) is 1. The third-order valence-electron chi connectivity index (χ3n) is 4.63. The summed E-state index contributed by atoms with van der Waals surface area (Å²) in [7, 11) is 1.61. The summed E-state index contributed by atoms with van der Waals surface area (Å²) in [4.78, 5) is 12.7. The van der Waals surface area contributed by atoms with E-state index in [2.05, 4.69) is 6.07 Å². The van der Waals surface area contributed by atoms with E-state index < -0.39 is 5.92 Å². The summed E-state index contributed by atoms with van der Waals surface area (Å²) in [6.07, 6.45) is 1.53. The summed E-state index contributed by atoms with van der Waals surface area (Å²) in [5.41, 5.74) is 2.62. The Morgan fingerprint density at radius 3 is 2.88 bits per heavy atom. The van der Waals surface area contributed by atoms with Crippen LogP contribution in [-0.4, -0.2) is 12.9 Å². The first-order valence-corrected chi connectivity index (χ1v) is 7.96. The second-order valence-corrected chi connectivity index (χ2v) is 6.09. The molecule has 0 amide bonds. The first-order chi connectivity index (χ1) is 11.6. The van der Waals surface area contributed by atoms with E-state index >= 15 is 0 Å². The molecule has 0 heterocycles. The van der Waals surface area contributed by atoms with Crippen molar-refractivity contribution in [3.63, 3.8) is 0 Å². The number of hydrogen-bond acceptors (Lipinski definition) is 3. The highest BCUT2D eigenvalue weighted by atomic mass is 19.1. The number of aryl methyl sites for hydroxylation is 1. The van der Waals surface area contributed by atoms with Gasteiger partial charge in [0.2, 0.25) is 0 Å². The Labute approximate surface area is 140 Å². The van der Waals surface area contributed by atoms with Gasteiger partial charge < -0.3 is 4.74 Å². The zero-order valence-corrected chi connectivity index (χ0v) is 13.5. The summed E-state index contributed by atoms with van der Waals surface area (Å²) in [6, 6.07) is 14.0. The number of carbonyl (C=O) groups is 1. The van der Waals surface area contributed by atoms with Crippen LogP contribution >= 0.6 is 0 Å². The quantitative estimate of drug-likeness (QED) is 0.859. The van der Waals surface area contributed by atoms with Gasteiger partial charge in [-0.1, -0.05) is 18.2 Å². The highest BCUT2D eigenvalue weighted by Crippen LogP contribution is 2.38. The van der Waals surface area contributed by atoms with Gasteiger partial charge in [0.1, 0.15) is 17.3 Å². The third-order valence-corrected chi connectivity index (χ3v) is 4.63. The molecule has 24 heavy (non-hydrogen) atoms. The Kier molecular flexibility index (Phi) is 4.61. The average Bonchev–Trinajstić information content (AvgIpc) is 2.60. The van der Waals surface area contributed by atoms with E-state index in [1.165, 1.54) is 12.1 Å². The average molecular weight is 323 g/mol. The number of rotatable bonds is 4. The lowest BCUT2D eigenvalue weighted by Crippen LogP contribution is -2.28. The van der Waals surface area contributed by atoms with Gasteiger partial charge in [-0.25, -0.2) is 4.39 Å². The van der Waals surface area contributed by atoms with E-state index in [0.29, 0.717) is 12.0 Å². The molecule has 0 spiro atoms. The maximum Gasteiger partial charge on any atom is 0.141 e. The molecule has 3 rings (SSSR count). The fraction of sp³-hybridized carbons (Fsp3) is 0.300. The minimum absolute atomic E-state index is 0.00591. The second kappa shape index (κ2) is 6.84. The largest absolute Gasteiger partial charge is 0.497 e. The van der Waals surface area contributed by atoms with E-state index in [1.807, 2.05) is 18.2 Å². The maximum atomic E-state index is 13.3. The molecule has 2 atom stereocenters. The number of ether oxygens (including phenoxy) is 1. The fourth-order valence-electron chi connectivity index (χ4n) is 3.41. The molecule has 0 fully saturated rings. The van der Waals surface area contributed by atoms with Crippen LogP contribution in [0.4, 0.5) is 4.39 Å². The number of Topliss-reactive ketones (excluding diaryl/α,β-unsaturated/α-hetero) is 1. The van der Waals surface area contributed by atoms with Crippen molar-refractivity contribution in [3.8, 4) is 11.8 Å². The van der Waals surface area contributed by atoms with Crippen LogP contribution in [0.1, 0.15) is 29.0 Å². The lowest BCUT2D eigenvalue weighted by molar-refractivity contribution is -0.122. The molecule has 0 aliphatic heterocycles. The topological polar surface area (TPSA) is 50.1 Å². The van der Waals surface area contributed by atoms with Gasteiger partial charge >= 0.3 is 0 Å². The number of ketones is 1. The molecule has 1 aliphatic rings. The molecule has 2 aromatic rings.